The predicted octanol–water partition coefficient (Wildman–Crippen LogP) is 3.69. The molecule has 2 rings (SSSR count). The number of aryl methyl sites for hydroxylation is 1. The molecule has 4 nitrogen and oxygen atoms in total. The number of carbonyl (C=O) groups is 1. The van der Waals surface area contributed by atoms with Crippen LogP contribution in [0.3, 0.4) is 0 Å². The summed E-state index contributed by atoms with van der Waals surface area (Å²) in [4.78, 5) is 15.4. The quantitative estimate of drug-likeness (QED) is 0.849. The van der Waals surface area contributed by atoms with Crippen molar-refractivity contribution < 1.29 is 9.90 Å². The van der Waals surface area contributed by atoms with Gasteiger partial charge in [-0.05, 0) is 36.5 Å². The number of anilines is 1. The second-order valence-corrected chi connectivity index (χ2v) is 5.18. The molecule has 0 spiro atoms. The van der Waals surface area contributed by atoms with Gasteiger partial charge in [-0.1, -0.05) is 37.3 Å². The fourth-order valence-corrected chi connectivity index (χ4v) is 2.32. The number of carboxylic acid groups (broad SMARTS) is 1. The summed E-state index contributed by atoms with van der Waals surface area (Å²) in [7, 11) is 0. The molecule has 2 N–H and O–H groups in total. The van der Waals surface area contributed by atoms with Gasteiger partial charge in [-0.15, -0.1) is 0 Å². The highest BCUT2D eigenvalue weighted by atomic mass is 16.4. The summed E-state index contributed by atoms with van der Waals surface area (Å²) in [5.74, 6) is -0.0845. The first-order chi connectivity index (χ1) is 10.1. The molecule has 1 aromatic heterocycles. The first kappa shape index (κ1) is 15.0. The van der Waals surface area contributed by atoms with Crippen molar-refractivity contribution in [2.24, 2.45) is 0 Å². The Kier molecular flexibility index (Phi) is 4.93. The number of hydrogen-bond acceptors (Lipinski definition) is 3. The molecule has 110 valence electrons. The number of benzene rings is 1. The minimum atomic E-state index is -0.945. The van der Waals surface area contributed by atoms with Gasteiger partial charge in [-0.2, -0.15) is 0 Å². The molecule has 0 amide bonds. The molecule has 0 saturated heterocycles. The fraction of sp³-hybridized carbons (Fsp3) is 0.294. The van der Waals surface area contributed by atoms with Crippen LogP contribution in [0.1, 0.15) is 40.7 Å². The van der Waals surface area contributed by atoms with Crippen LogP contribution in [0.2, 0.25) is 0 Å². The Morgan fingerprint density at radius 3 is 2.67 bits per heavy atom. The topological polar surface area (TPSA) is 62.2 Å². The zero-order valence-corrected chi connectivity index (χ0v) is 12.3. The van der Waals surface area contributed by atoms with Crippen LogP contribution in [0.5, 0.6) is 0 Å². The Balaban J connectivity index is 1.98. The van der Waals surface area contributed by atoms with Gasteiger partial charge in [0.15, 0.2) is 0 Å². The van der Waals surface area contributed by atoms with Crippen LogP contribution in [0, 0.1) is 6.92 Å². The van der Waals surface area contributed by atoms with Crippen molar-refractivity contribution >= 4 is 11.8 Å². The largest absolute Gasteiger partial charge is 0.478 e. The summed E-state index contributed by atoms with van der Waals surface area (Å²) in [6.45, 7) is 4.63. The standard InChI is InChI=1S/C17H20N2O2/c1-12(14-6-4-3-5-7-14)8-10-18-16-15(17(20)21)13(2)9-11-19-16/h3-7,9,11-12H,8,10H2,1-2H3,(H,18,19)(H,20,21). The molecular formula is C17H20N2O2. The Morgan fingerprint density at radius 1 is 1.29 bits per heavy atom. The predicted molar refractivity (Wildman–Crippen MR) is 83.9 cm³/mol. The lowest BCUT2D eigenvalue weighted by Gasteiger charge is -2.14. The third-order valence-electron chi connectivity index (χ3n) is 3.61. The lowest BCUT2D eigenvalue weighted by atomic mass is 9.98. The van der Waals surface area contributed by atoms with E-state index in [1.54, 1.807) is 19.2 Å². The molecule has 0 radical (unpaired) electrons. The molecule has 1 aromatic carbocycles. The minimum Gasteiger partial charge on any atom is -0.478 e. The Hall–Kier alpha value is -2.36. The Bertz CT molecular complexity index is 611. The van der Waals surface area contributed by atoms with Crippen LogP contribution in [-0.4, -0.2) is 22.6 Å². The molecule has 0 fully saturated rings. The van der Waals surface area contributed by atoms with E-state index < -0.39 is 5.97 Å². The van der Waals surface area contributed by atoms with Gasteiger partial charge in [0.05, 0.1) is 0 Å². The van der Waals surface area contributed by atoms with Crippen molar-refractivity contribution in [2.75, 3.05) is 11.9 Å². The lowest BCUT2D eigenvalue weighted by molar-refractivity contribution is 0.0697. The number of rotatable bonds is 6. The molecule has 21 heavy (non-hydrogen) atoms. The molecule has 2 aromatic rings. The number of hydrogen-bond donors (Lipinski definition) is 2. The Morgan fingerprint density at radius 2 is 2.00 bits per heavy atom. The van der Waals surface area contributed by atoms with E-state index in [2.05, 4.69) is 29.4 Å². The van der Waals surface area contributed by atoms with E-state index in [0.717, 1.165) is 12.0 Å². The van der Waals surface area contributed by atoms with Crippen molar-refractivity contribution in [3.8, 4) is 0 Å². The van der Waals surface area contributed by atoms with Gasteiger partial charge in [0.2, 0.25) is 0 Å². The molecule has 0 aliphatic carbocycles. The summed E-state index contributed by atoms with van der Waals surface area (Å²) in [5, 5.41) is 12.4. The number of aromatic carboxylic acids is 1. The number of nitrogens with zero attached hydrogens (tertiary/aromatic N) is 1. The van der Waals surface area contributed by atoms with Crippen LogP contribution in [0.25, 0.3) is 0 Å². The highest BCUT2D eigenvalue weighted by molar-refractivity contribution is 5.94. The average Bonchev–Trinajstić information content (AvgIpc) is 2.47. The van der Waals surface area contributed by atoms with Crippen LogP contribution >= 0.6 is 0 Å². The molecular weight excluding hydrogens is 264 g/mol. The van der Waals surface area contributed by atoms with Gasteiger partial charge < -0.3 is 10.4 Å². The maximum Gasteiger partial charge on any atom is 0.339 e. The van der Waals surface area contributed by atoms with Gasteiger partial charge in [0.25, 0.3) is 0 Å². The highest BCUT2D eigenvalue weighted by Crippen LogP contribution is 2.20. The molecule has 4 heteroatoms. The van der Waals surface area contributed by atoms with E-state index in [-0.39, 0.29) is 5.56 Å². The van der Waals surface area contributed by atoms with Crippen LogP contribution < -0.4 is 5.32 Å². The van der Waals surface area contributed by atoms with Gasteiger partial charge in [0, 0.05) is 12.7 Å². The van der Waals surface area contributed by atoms with Crippen molar-refractivity contribution in [2.45, 2.75) is 26.2 Å². The summed E-state index contributed by atoms with van der Waals surface area (Å²) >= 11 is 0. The maximum absolute atomic E-state index is 11.3. The third kappa shape index (κ3) is 3.81. The third-order valence-corrected chi connectivity index (χ3v) is 3.61. The molecule has 1 unspecified atom stereocenters. The zero-order valence-electron chi connectivity index (χ0n) is 12.3. The molecule has 1 heterocycles. The van der Waals surface area contributed by atoms with E-state index in [1.807, 2.05) is 18.2 Å². The number of pyridine rings is 1. The first-order valence-electron chi connectivity index (χ1n) is 7.07. The van der Waals surface area contributed by atoms with E-state index in [4.69, 9.17) is 0 Å². The smallest absolute Gasteiger partial charge is 0.339 e. The SMILES string of the molecule is Cc1ccnc(NCCC(C)c2ccccc2)c1C(=O)O. The normalized spacial score (nSPS) is 11.9. The summed E-state index contributed by atoms with van der Waals surface area (Å²) in [6, 6.07) is 12.0. The second-order valence-electron chi connectivity index (χ2n) is 5.18. The molecule has 0 saturated carbocycles. The number of aromatic nitrogens is 1. The van der Waals surface area contributed by atoms with Crippen molar-refractivity contribution in [1.29, 1.82) is 0 Å². The summed E-state index contributed by atoms with van der Waals surface area (Å²) in [5.41, 5.74) is 2.26. The van der Waals surface area contributed by atoms with E-state index in [0.29, 0.717) is 18.3 Å². The highest BCUT2D eigenvalue weighted by Gasteiger charge is 2.14. The minimum absolute atomic E-state index is 0.255. The molecule has 0 aliphatic heterocycles. The van der Waals surface area contributed by atoms with Crippen molar-refractivity contribution in [1.82, 2.24) is 4.98 Å². The second kappa shape index (κ2) is 6.88. The first-order valence-corrected chi connectivity index (χ1v) is 7.07. The monoisotopic (exact) mass is 284 g/mol. The van der Waals surface area contributed by atoms with Gasteiger partial charge in [0.1, 0.15) is 11.4 Å². The van der Waals surface area contributed by atoms with Crippen LogP contribution in [-0.2, 0) is 0 Å². The average molecular weight is 284 g/mol. The molecule has 0 bridgehead atoms. The number of nitrogens with one attached hydrogen (secondary N) is 1. The van der Waals surface area contributed by atoms with Gasteiger partial charge in [-0.25, -0.2) is 9.78 Å². The van der Waals surface area contributed by atoms with Crippen molar-refractivity contribution in [3.05, 3.63) is 59.3 Å². The molecule has 0 aliphatic rings. The lowest BCUT2D eigenvalue weighted by Crippen LogP contribution is -2.12. The van der Waals surface area contributed by atoms with E-state index >= 15 is 0 Å². The van der Waals surface area contributed by atoms with Crippen LogP contribution in [0.4, 0.5) is 5.82 Å². The maximum atomic E-state index is 11.3. The fourth-order valence-electron chi connectivity index (χ4n) is 2.32. The van der Waals surface area contributed by atoms with Crippen molar-refractivity contribution in [3.63, 3.8) is 0 Å². The van der Waals surface area contributed by atoms with E-state index in [1.165, 1.54) is 5.56 Å². The van der Waals surface area contributed by atoms with Gasteiger partial charge >= 0.3 is 5.97 Å². The molecule has 1 atom stereocenters. The summed E-state index contributed by atoms with van der Waals surface area (Å²) < 4.78 is 0. The van der Waals surface area contributed by atoms with Gasteiger partial charge in [-0.3, -0.25) is 0 Å². The number of carboxylic acids is 1. The summed E-state index contributed by atoms with van der Waals surface area (Å²) in [6.07, 6.45) is 2.55. The van der Waals surface area contributed by atoms with Crippen LogP contribution in [0.15, 0.2) is 42.6 Å². The Labute approximate surface area is 124 Å². The zero-order chi connectivity index (χ0) is 15.2. The van der Waals surface area contributed by atoms with E-state index in [9.17, 15) is 9.90 Å².